The van der Waals surface area contributed by atoms with E-state index in [1.807, 2.05) is 30.3 Å². The number of amides is 1. The summed E-state index contributed by atoms with van der Waals surface area (Å²) in [6.07, 6.45) is -4.09. The summed E-state index contributed by atoms with van der Waals surface area (Å²) in [4.78, 5) is 20.9. The van der Waals surface area contributed by atoms with Gasteiger partial charge in [-0.25, -0.2) is 18.4 Å². The Labute approximate surface area is 182 Å². The van der Waals surface area contributed by atoms with Gasteiger partial charge in [0.2, 0.25) is 20.9 Å². The van der Waals surface area contributed by atoms with Crippen LogP contribution in [0.2, 0.25) is 5.15 Å². The molecule has 1 amide bonds. The fourth-order valence-electron chi connectivity index (χ4n) is 3.41. The Balaban J connectivity index is 1.85. The van der Waals surface area contributed by atoms with Gasteiger partial charge < -0.3 is 10.2 Å². The SMILES string of the molecule is CS(=O)(=O)c1nc(Cl)cc(N2C[C@@H](C(=O)NCc3ccccc3)CC[C@H]2C(F)(F)F)n1. The lowest BCUT2D eigenvalue weighted by molar-refractivity contribution is -0.156. The molecule has 0 unspecified atom stereocenters. The van der Waals surface area contributed by atoms with Crippen molar-refractivity contribution < 1.29 is 26.4 Å². The largest absolute Gasteiger partial charge is 0.408 e. The third-order valence-electron chi connectivity index (χ3n) is 4.93. The van der Waals surface area contributed by atoms with Gasteiger partial charge >= 0.3 is 6.18 Å². The van der Waals surface area contributed by atoms with Gasteiger partial charge in [-0.2, -0.15) is 13.2 Å². The number of aromatic nitrogens is 2. The molecule has 2 heterocycles. The molecule has 1 N–H and O–H groups in total. The van der Waals surface area contributed by atoms with E-state index in [2.05, 4.69) is 15.3 Å². The third-order valence-corrected chi connectivity index (χ3v) is 5.97. The number of hydrogen-bond acceptors (Lipinski definition) is 6. The van der Waals surface area contributed by atoms with Gasteiger partial charge in [-0.3, -0.25) is 4.79 Å². The van der Waals surface area contributed by atoms with E-state index in [0.29, 0.717) is 0 Å². The fourth-order valence-corrected chi connectivity index (χ4v) is 4.16. The second-order valence-electron chi connectivity index (χ2n) is 7.29. The summed E-state index contributed by atoms with van der Waals surface area (Å²) >= 11 is 5.85. The lowest BCUT2D eigenvalue weighted by atomic mass is 9.91. The number of sulfone groups is 1. The lowest BCUT2D eigenvalue weighted by Gasteiger charge is -2.40. The molecule has 2 atom stereocenters. The van der Waals surface area contributed by atoms with Crippen molar-refractivity contribution in [2.45, 2.75) is 36.8 Å². The Bertz CT molecular complexity index is 1050. The number of rotatable bonds is 5. The van der Waals surface area contributed by atoms with Crippen LogP contribution in [0, 0.1) is 5.92 Å². The number of carbonyl (C=O) groups excluding carboxylic acids is 1. The molecule has 0 bridgehead atoms. The lowest BCUT2D eigenvalue weighted by Crippen LogP contribution is -2.54. The first kappa shape index (κ1) is 23.3. The number of alkyl halides is 3. The molecule has 168 valence electrons. The molecule has 1 aromatic carbocycles. The monoisotopic (exact) mass is 476 g/mol. The van der Waals surface area contributed by atoms with Gasteiger partial charge in [0.25, 0.3) is 0 Å². The van der Waals surface area contributed by atoms with Crippen molar-refractivity contribution in [3.05, 3.63) is 47.1 Å². The number of anilines is 1. The molecule has 1 aromatic heterocycles. The highest BCUT2D eigenvalue weighted by Gasteiger charge is 2.48. The van der Waals surface area contributed by atoms with E-state index in [1.165, 1.54) is 0 Å². The third kappa shape index (κ3) is 5.85. The predicted octanol–water partition coefficient (Wildman–Crippen LogP) is 3.00. The number of benzene rings is 1. The number of nitrogens with one attached hydrogen (secondary N) is 1. The van der Waals surface area contributed by atoms with E-state index >= 15 is 0 Å². The minimum absolute atomic E-state index is 0.0268. The molecule has 2 aromatic rings. The topological polar surface area (TPSA) is 92.3 Å². The van der Waals surface area contributed by atoms with Crippen molar-refractivity contribution in [2.24, 2.45) is 5.92 Å². The van der Waals surface area contributed by atoms with E-state index in [0.717, 1.165) is 22.8 Å². The molecule has 0 aliphatic carbocycles. The minimum Gasteiger partial charge on any atom is -0.352 e. The van der Waals surface area contributed by atoms with Crippen LogP contribution < -0.4 is 10.2 Å². The molecule has 1 saturated heterocycles. The first-order valence-corrected chi connectivity index (χ1v) is 11.6. The van der Waals surface area contributed by atoms with E-state index in [1.54, 1.807) is 0 Å². The number of nitrogens with zero attached hydrogens (tertiary/aromatic N) is 3. The van der Waals surface area contributed by atoms with Crippen molar-refractivity contribution in [2.75, 3.05) is 17.7 Å². The summed E-state index contributed by atoms with van der Waals surface area (Å²) < 4.78 is 64.6. The Kier molecular flexibility index (Phi) is 6.75. The van der Waals surface area contributed by atoms with Gasteiger partial charge in [-0.15, -0.1) is 0 Å². The zero-order valence-corrected chi connectivity index (χ0v) is 18.0. The van der Waals surface area contributed by atoms with Crippen LogP contribution >= 0.6 is 11.6 Å². The summed E-state index contributed by atoms with van der Waals surface area (Å²) in [7, 11) is -3.90. The van der Waals surface area contributed by atoms with Crippen molar-refractivity contribution in [1.29, 1.82) is 0 Å². The van der Waals surface area contributed by atoms with Crippen molar-refractivity contribution in [1.82, 2.24) is 15.3 Å². The quantitative estimate of drug-likeness (QED) is 0.527. The zero-order valence-electron chi connectivity index (χ0n) is 16.4. The van der Waals surface area contributed by atoms with Crippen LogP contribution in [0.3, 0.4) is 0 Å². The molecule has 3 rings (SSSR count). The average Bonchev–Trinajstić information content (AvgIpc) is 2.70. The smallest absolute Gasteiger partial charge is 0.352 e. The van der Waals surface area contributed by atoms with Crippen LogP contribution in [-0.2, 0) is 21.2 Å². The minimum atomic E-state index is -4.60. The molecule has 1 aliphatic rings. The van der Waals surface area contributed by atoms with Crippen molar-refractivity contribution >= 4 is 33.2 Å². The molecule has 1 aliphatic heterocycles. The van der Waals surface area contributed by atoms with Crippen LogP contribution in [0.25, 0.3) is 0 Å². The maximum atomic E-state index is 13.7. The maximum absolute atomic E-state index is 13.7. The molecule has 7 nitrogen and oxygen atoms in total. The van der Waals surface area contributed by atoms with Crippen LogP contribution in [0.15, 0.2) is 41.6 Å². The number of halogens is 4. The van der Waals surface area contributed by atoms with Crippen LogP contribution in [0.5, 0.6) is 0 Å². The predicted molar refractivity (Wildman–Crippen MR) is 108 cm³/mol. The summed E-state index contributed by atoms with van der Waals surface area (Å²) in [5.41, 5.74) is 0.858. The Hall–Kier alpha value is -2.40. The van der Waals surface area contributed by atoms with E-state index < -0.39 is 39.0 Å². The Morgan fingerprint density at radius 2 is 1.90 bits per heavy atom. The van der Waals surface area contributed by atoms with Gasteiger partial charge in [0, 0.05) is 25.4 Å². The fraction of sp³-hybridized carbons (Fsp3) is 0.421. The van der Waals surface area contributed by atoms with Gasteiger partial charge in [-0.05, 0) is 18.4 Å². The molecule has 12 heteroatoms. The normalized spacial score (nSPS) is 19.8. The van der Waals surface area contributed by atoms with Gasteiger partial charge in [-0.1, -0.05) is 41.9 Å². The van der Waals surface area contributed by atoms with E-state index in [9.17, 15) is 26.4 Å². The molecule has 31 heavy (non-hydrogen) atoms. The average molecular weight is 477 g/mol. The molecule has 0 saturated carbocycles. The van der Waals surface area contributed by atoms with E-state index in [4.69, 9.17) is 11.6 Å². The summed E-state index contributed by atoms with van der Waals surface area (Å²) in [5, 5.41) is 1.76. The van der Waals surface area contributed by atoms with Gasteiger partial charge in [0.15, 0.2) is 0 Å². The second-order valence-corrected chi connectivity index (χ2v) is 9.59. The van der Waals surface area contributed by atoms with Crippen molar-refractivity contribution in [3.8, 4) is 0 Å². The van der Waals surface area contributed by atoms with Crippen molar-refractivity contribution in [3.63, 3.8) is 0 Å². The first-order valence-electron chi connectivity index (χ1n) is 9.35. The highest BCUT2D eigenvalue weighted by Crippen LogP contribution is 2.37. The Morgan fingerprint density at radius 1 is 1.23 bits per heavy atom. The summed E-state index contributed by atoms with van der Waals surface area (Å²) in [5.74, 6) is -1.42. The Morgan fingerprint density at radius 3 is 2.52 bits per heavy atom. The second kappa shape index (κ2) is 8.99. The highest BCUT2D eigenvalue weighted by molar-refractivity contribution is 7.90. The zero-order chi connectivity index (χ0) is 22.8. The van der Waals surface area contributed by atoms with Crippen LogP contribution in [0.4, 0.5) is 19.0 Å². The molecular formula is C19H20ClF3N4O3S. The molecule has 1 fully saturated rings. The summed E-state index contributed by atoms with van der Waals surface area (Å²) in [6.45, 7) is -0.0439. The van der Waals surface area contributed by atoms with E-state index in [-0.39, 0.29) is 36.9 Å². The summed E-state index contributed by atoms with van der Waals surface area (Å²) in [6, 6.07) is 8.25. The van der Waals surface area contributed by atoms with Crippen LogP contribution in [0.1, 0.15) is 18.4 Å². The van der Waals surface area contributed by atoms with Gasteiger partial charge in [0.05, 0.1) is 5.92 Å². The number of piperidine rings is 1. The highest BCUT2D eigenvalue weighted by atomic mass is 35.5. The number of carbonyl (C=O) groups is 1. The maximum Gasteiger partial charge on any atom is 0.408 e. The molecular weight excluding hydrogens is 457 g/mol. The molecule has 0 radical (unpaired) electrons. The first-order chi connectivity index (χ1) is 14.4. The standard InChI is InChI=1S/C19H20ClF3N4O3S/c1-31(29,30)18-25-15(20)9-16(26-18)27-11-13(7-8-14(27)19(21,22)23)17(28)24-10-12-5-3-2-4-6-12/h2-6,9,13-14H,7-8,10-11H2,1H3,(H,24,28)/t13-,14-/m0/s1. The van der Waals surface area contributed by atoms with Gasteiger partial charge in [0.1, 0.15) is 17.0 Å². The molecule has 0 spiro atoms. The number of hydrogen-bond donors (Lipinski definition) is 1. The van der Waals surface area contributed by atoms with Crippen LogP contribution in [-0.4, -0.2) is 49.3 Å².